The summed E-state index contributed by atoms with van der Waals surface area (Å²) in [7, 11) is 2.27. The van der Waals surface area contributed by atoms with Crippen molar-refractivity contribution < 1.29 is 32.3 Å². The largest absolute Gasteiger partial charge is 0.464 e. The van der Waals surface area contributed by atoms with E-state index in [0.29, 0.717) is 0 Å². The molecule has 1 aromatic heterocycles. The first-order chi connectivity index (χ1) is 9.88. The van der Waals surface area contributed by atoms with Crippen LogP contribution >= 0.6 is 0 Å². The second-order valence-corrected chi connectivity index (χ2v) is 4.84. The molecule has 1 heterocycles. The van der Waals surface area contributed by atoms with Crippen molar-refractivity contribution in [3.63, 3.8) is 0 Å². The van der Waals surface area contributed by atoms with Gasteiger partial charge in [0.2, 0.25) is 17.4 Å². The number of rotatable bonds is 3. The van der Waals surface area contributed by atoms with Gasteiger partial charge in [0.15, 0.2) is 5.89 Å². The van der Waals surface area contributed by atoms with Crippen LogP contribution in [0.25, 0.3) is 0 Å². The first-order valence-corrected chi connectivity index (χ1v) is 6.43. The average Bonchev–Trinajstić information content (AvgIpc) is 2.90. The summed E-state index contributed by atoms with van der Waals surface area (Å²) in [6.45, 7) is 0. The van der Waals surface area contributed by atoms with Gasteiger partial charge in [0.1, 0.15) is 0 Å². The Labute approximate surface area is 119 Å². The van der Waals surface area contributed by atoms with Crippen LogP contribution < -0.4 is 0 Å². The van der Waals surface area contributed by atoms with E-state index in [9.17, 15) is 18.4 Å². The van der Waals surface area contributed by atoms with Crippen molar-refractivity contribution in [3.8, 4) is 0 Å². The Morgan fingerprint density at radius 3 is 2.29 bits per heavy atom. The van der Waals surface area contributed by atoms with Gasteiger partial charge in [-0.15, -0.1) is 0 Å². The molecule has 0 aliphatic heterocycles. The fourth-order valence-corrected chi connectivity index (χ4v) is 2.26. The number of oxazole rings is 1. The number of hydrogen-bond acceptors (Lipinski definition) is 6. The maximum Gasteiger partial charge on any atom is 0.376 e. The fraction of sp³-hybridized carbons (Fsp3) is 0.615. The molecular weight excluding hydrogens is 288 g/mol. The first-order valence-electron chi connectivity index (χ1n) is 6.43. The molecule has 1 fully saturated rings. The van der Waals surface area contributed by atoms with E-state index in [4.69, 9.17) is 4.42 Å². The number of ether oxygens (including phenoxy) is 2. The number of alkyl halides is 2. The standard InChI is InChI=1S/C13H15F2NO5/c1-19-11(17)8-9(12(18)20-2)21-10(16-8)7-3-5-13(14,15)6-4-7/h7H,3-6H2,1-2H3. The van der Waals surface area contributed by atoms with E-state index in [2.05, 4.69) is 14.5 Å². The summed E-state index contributed by atoms with van der Waals surface area (Å²) < 4.78 is 40.6. The van der Waals surface area contributed by atoms with Gasteiger partial charge < -0.3 is 13.9 Å². The molecule has 116 valence electrons. The van der Waals surface area contributed by atoms with Gasteiger partial charge in [0.25, 0.3) is 0 Å². The number of carbonyl (C=O) groups excluding carboxylic acids is 2. The molecule has 0 bridgehead atoms. The molecule has 0 radical (unpaired) electrons. The summed E-state index contributed by atoms with van der Waals surface area (Å²) in [5, 5.41) is 0. The Kier molecular flexibility index (Phi) is 4.24. The predicted octanol–water partition coefficient (Wildman–Crippen LogP) is 2.54. The number of nitrogens with zero attached hydrogens (tertiary/aromatic N) is 1. The SMILES string of the molecule is COC(=O)c1nc(C2CCC(F)(F)CC2)oc1C(=O)OC. The number of carbonyl (C=O) groups is 2. The van der Waals surface area contributed by atoms with Crippen LogP contribution in [-0.4, -0.2) is 37.1 Å². The van der Waals surface area contributed by atoms with Gasteiger partial charge in [0, 0.05) is 18.8 Å². The highest BCUT2D eigenvalue weighted by atomic mass is 19.3. The van der Waals surface area contributed by atoms with Crippen LogP contribution in [0.15, 0.2) is 4.42 Å². The highest BCUT2D eigenvalue weighted by Gasteiger charge is 2.38. The molecule has 0 N–H and O–H groups in total. The average molecular weight is 303 g/mol. The van der Waals surface area contributed by atoms with Crippen molar-refractivity contribution in [1.82, 2.24) is 4.98 Å². The van der Waals surface area contributed by atoms with Gasteiger partial charge in [-0.1, -0.05) is 0 Å². The van der Waals surface area contributed by atoms with E-state index in [-0.39, 0.29) is 48.9 Å². The molecule has 0 amide bonds. The zero-order valence-corrected chi connectivity index (χ0v) is 11.7. The van der Waals surface area contributed by atoms with Crippen molar-refractivity contribution in [3.05, 3.63) is 17.3 Å². The molecular formula is C13H15F2NO5. The van der Waals surface area contributed by atoms with Crippen LogP contribution in [0.2, 0.25) is 0 Å². The summed E-state index contributed by atoms with van der Waals surface area (Å²) in [5.74, 6) is -5.02. The minimum atomic E-state index is -2.68. The lowest BCUT2D eigenvalue weighted by Crippen LogP contribution is -2.23. The second-order valence-electron chi connectivity index (χ2n) is 4.84. The zero-order valence-electron chi connectivity index (χ0n) is 11.7. The predicted molar refractivity (Wildman–Crippen MR) is 65.3 cm³/mol. The third-order valence-electron chi connectivity index (χ3n) is 3.46. The van der Waals surface area contributed by atoms with E-state index in [0.717, 1.165) is 14.2 Å². The molecule has 2 rings (SSSR count). The second kappa shape index (κ2) is 5.79. The van der Waals surface area contributed by atoms with Gasteiger partial charge in [0.05, 0.1) is 14.2 Å². The van der Waals surface area contributed by atoms with E-state index in [1.54, 1.807) is 0 Å². The Balaban J connectivity index is 2.27. The fourth-order valence-electron chi connectivity index (χ4n) is 2.26. The molecule has 6 nitrogen and oxygen atoms in total. The molecule has 1 aromatic rings. The number of hydrogen-bond donors (Lipinski definition) is 0. The van der Waals surface area contributed by atoms with Crippen molar-refractivity contribution in [1.29, 1.82) is 0 Å². The molecule has 0 unspecified atom stereocenters. The third kappa shape index (κ3) is 3.20. The molecule has 1 aliphatic rings. The van der Waals surface area contributed by atoms with Crippen LogP contribution in [0.4, 0.5) is 8.78 Å². The van der Waals surface area contributed by atoms with Crippen molar-refractivity contribution in [2.75, 3.05) is 14.2 Å². The molecule has 0 saturated heterocycles. The van der Waals surface area contributed by atoms with Gasteiger partial charge in [-0.25, -0.2) is 23.4 Å². The minimum Gasteiger partial charge on any atom is -0.464 e. The lowest BCUT2D eigenvalue weighted by atomic mass is 9.87. The van der Waals surface area contributed by atoms with Crippen LogP contribution in [0, 0.1) is 0 Å². The summed E-state index contributed by atoms with van der Waals surface area (Å²) in [6, 6.07) is 0. The zero-order chi connectivity index (χ0) is 15.6. The third-order valence-corrected chi connectivity index (χ3v) is 3.46. The lowest BCUT2D eigenvalue weighted by Gasteiger charge is -2.26. The van der Waals surface area contributed by atoms with Crippen LogP contribution in [0.3, 0.4) is 0 Å². The Hall–Kier alpha value is -1.99. The number of halogens is 2. The summed E-state index contributed by atoms with van der Waals surface area (Å²) in [5.41, 5.74) is -0.295. The van der Waals surface area contributed by atoms with Crippen molar-refractivity contribution in [2.45, 2.75) is 37.5 Å². The quantitative estimate of drug-likeness (QED) is 0.798. The maximum atomic E-state index is 13.1. The number of esters is 2. The summed E-state index contributed by atoms with van der Waals surface area (Å²) in [4.78, 5) is 27.1. The normalized spacial score (nSPS) is 18.3. The molecule has 1 saturated carbocycles. The maximum absolute atomic E-state index is 13.1. The monoisotopic (exact) mass is 303 g/mol. The van der Waals surface area contributed by atoms with Crippen LogP contribution in [-0.2, 0) is 9.47 Å². The Morgan fingerprint density at radius 1 is 1.19 bits per heavy atom. The number of methoxy groups -OCH3 is 2. The first kappa shape index (κ1) is 15.4. The highest BCUT2D eigenvalue weighted by molar-refractivity contribution is 5.99. The van der Waals surface area contributed by atoms with E-state index >= 15 is 0 Å². The molecule has 8 heteroatoms. The van der Waals surface area contributed by atoms with E-state index in [1.165, 1.54) is 0 Å². The lowest BCUT2D eigenvalue weighted by molar-refractivity contribution is -0.0400. The van der Waals surface area contributed by atoms with E-state index in [1.807, 2.05) is 0 Å². The molecule has 21 heavy (non-hydrogen) atoms. The van der Waals surface area contributed by atoms with Crippen LogP contribution in [0.5, 0.6) is 0 Å². The summed E-state index contributed by atoms with van der Waals surface area (Å²) >= 11 is 0. The van der Waals surface area contributed by atoms with Crippen LogP contribution in [0.1, 0.15) is 58.5 Å². The topological polar surface area (TPSA) is 78.6 Å². The summed E-state index contributed by atoms with van der Waals surface area (Å²) in [6.07, 6.45) is -0.203. The minimum absolute atomic E-state index is 0.0892. The van der Waals surface area contributed by atoms with Gasteiger partial charge in [-0.05, 0) is 12.8 Å². The molecule has 1 aliphatic carbocycles. The Morgan fingerprint density at radius 2 is 1.76 bits per heavy atom. The van der Waals surface area contributed by atoms with Gasteiger partial charge in [-0.3, -0.25) is 0 Å². The molecule has 0 atom stereocenters. The van der Waals surface area contributed by atoms with Crippen molar-refractivity contribution in [2.24, 2.45) is 0 Å². The smallest absolute Gasteiger partial charge is 0.376 e. The van der Waals surface area contributed by atoms with Gasteiger partial charge in [-0.2, -0.15) is 0 Å². The molecule has 0 spiro atoms. The van der Waals surface area contributed by atoms with Gasteiger partial charge >= 0.3 is 11.9 Å². The number of aromatic nitrogens is 1. The van der Waals surface area contributed by atoms with E-state index < -0.39 is 17.9 Å². The molecule has 0 aromatic carbocycles. The highest BCUT2D eigenvalue weighted by Crippen LogP contribution is 2.41. The Bertz CT molecular complexity index is 511. The van der Waals surface area contributed by atoms with Crippen molar-refractivity contribution >= 4 is 11.9 Å².